The number of nitrogens with zero attached hydrogens (tertiary/aromatic N) is 1. The van der Waals surface area contributed by atoms with E-state index >= 15 is 0 Å². The van der Waals surface area contributed by atoms with Gasteiger partial charge in [0, 0.05) is 32.4 Å². The lowest BCUT2D eigenvalue weighted by atomic mass is 10.2. The Morgan fingerprint density at radius 1 is 1.26 bits per heavy atom. The number of amides is 1. The minimum Gasteiger partial charge on any atom is -0.496 e. The highest BCUT2D eigenvalue weighted by Gasteiger charge is 2.21. The highest BCUT2D eigenvalue weighted by molar-refractivity contribution is 7.88. The molecule has 0 radical (unpaired) electrons. The van der Waals surface area contributed by atoms with Crippen molar-refractivity contribution in [3.63, 3.8) is 0 Å². The molecule has 0 spiro atoms. The van der Waals surface area contributed by atoms with Gasteiger partial charge in [-0.2, -0.15) is 4.31 Å². The smallest absolute Gasteiger partial charge is 0.235 e. The molecule has 23 heavy (non-hydrogen) atoms. The van der Waals surface area contributed by atoms with E-state index in [1.165, 1.54) is 7.11 Å². The lowest BCUT2D eigenvalue weighted by Crippen LogP contribution is -2.40. The fourth-order valence-electron chi connectivity index (χ4n) is 1.97. The van der Waals surface area contributed by atoms with Crippen LogP contribution in [0.15, 0.2) is 24.3 Å². The molecule has 0 saturated heterocycles. The molecular formula is C15H24N2O5S. The average molecular weight is 344 g/mol. The zero-order chi connectivity index (χ0) is 17.3. The Labute approximate surface area is 137 Å². The first kappa shape index (κ1) is 19.4. The minimum atomic E-state index is -3.53. The number of carbonyl (C=O) groups excluding carboxylic acids is 1. The fraction of sp³-hybridized carbons (Fsp3) is 0.533. The number of rotatable bonds is 10. The standard InChI is InChI=1S/C15H24N2O5S/c1-21-10-6-9-16-15(18)12-17(23(3,19)20)11-13-7-4-5-8-14(13)22-2/h4-5,7-8H,6,9-12H2,1-3H3,(H,16,18). The predicted molar refractivity (Wildman–Crippen MR) is 87.8 cm³/mol. The van der Waals surface area contributed by atoms with Crippen molar-refractivity contribution in [3.8, 4) is 5.75 Å². The quantitative estimate of drug-likeness (QED) is 0.629. The van der Waals surface area contributed by atoms with Crippen LogP contribution >= 0.6 is 0 Å². The fourth-order valence-corrected chi connectivity index (χ4v) is 2.70. The maximum Gasteiger partial charge on any atom is 0.235 e. The third kappa shape index (κ3) is 6.98. The zero-order valence-corrected chi connectivity index (χ0v) is 14.6. The molecule has 0 aliphatic carbocycles. The van der Waals surface area contributed by atoms with Gasteiger partial charge in [-0.05, 0) is 12.5 Å². The van der Waals surface area contributed by atoms with Gasteiger partial charge >= 0.3 is 0 Å². The largest absolute Gasteiger partial charge is 0.496 e. The Hall–Kier alpha value is -1.64. The van der Waals surface area contributed by atoms with Gasteiger partial charge in [-0.1, -0.05) is 18.2 Å². The van der Waals surface area contributed by atoms with Crippen LogP contribution in [0, 0.1) is 0 Å². The third-order valence-corrected chi connectivity index (χ3v) is 4.37. The summed E-state index contributed by atoms with van der Waals surface area (Å²) in [5.41, 5.74) is 0.701. The third-order valence-electron chi connectivity index (χ3n) is 3.18. The molecule has 0 bridgehead atoms. The second-order valence-corrected chi connectivity index (χ2v) is 7.02. The number of nitrogens with one attached hydrogen (secondary N) is 1. The molecule has 0 fully saturated rings. The highest BCUT2D eigenvalue weighted by Crippen LogP contribution is 2.20. The molecule has 0 atom stereocenters. The van der Waals surface area contributed by atoms with Crippen molar-refractivity contribution in [2.75, 3.05) is 40.2 Å². The number of hydrogen-bond donors (Lipinski definition) is 1. The molecule has 0 heterocycles. The molecular weight excluding hydrogens is 320 g/mol. The number of para-hydroxylation sites is 1. The second-order valence-electron chi connectivity index (χ2n) is 5.04. The van der Waals surface area contributed by atoms with E-state index in [2.05, 4.69) is 5.32 Å². The van der Waals surface area contributed by atoms with E-state index in [9.17, 15) is 13.2 Å². The highest BCUT2D eigenvalue weighted by atomic mass is 32.2. The Balaban J connectivity index is 2.72. The van der Waals surface area contributed by atoms with E-state index in [1.54, 1.807) is 31.4 Å². The van der Waals surface area contributed by atoms with Gasteiger partial charge in [0.2, 0.25) is 15.9 Å². The lowest BCUT2D eigenvalue weighted by Gasteiger charge is -2.20. The Kier molecular flexibility index (Phi) is 8.01. The summed E-state index contributed by atoms with van der Waals surface area (Å²) in [6, 6.07) is 7.12. The first-order valence-electron chi connectivity index (χ1n) is 7.21. The normalized spacial score (nSPS) is 11.5. The summed E-state index contributed by atoms with van der Waals surface area (Å²) in [6.07, 6.45) is 1.76. The summed E-state index contributed by atoms with van der Waals surface area (Å²) in [4.78, 5) is 11.9. The Morgan fingerprint density at radius 3 is 2.57 bits per heavy atom. The number of ether oxygens (including phenoxy) is 2. The van der Waals surface area contributed by atoms with E-state index < -0.39 is 10.0 Å². The molecule has 0 aliphatic heterocycles. The van der Waals surface area contributed by atoms with E-state index in [4.69, 9.17) is 9.47 Å². The minimum absolute atomic E-state index is 0.0777. The van der Waals surface area contributed by atoms with E-state index in [0.717, 1.165) is 10.6 Å². The Bertz CT molecular complexity index is 604. The number of carbonyl (C=O) groups is 1. The van der Waals surface area contributed by atoms with Gasteiger partial charge < -0.3 is 14.8 Å². The molecule has 0 aliphatic rings. The van der Waals surface area contributed by atoms with E-state index in [-0.39, 0.29) is 19.0 Å². The zero-order valence-electron chi connectivity index (χ0n) is 13.7. The molecule has 7 nitrogen and oxygen atoms in total. The van der Waals surface area contributed by atoms with Crippen LogP contribution in [-0.2, 0) is 26.1 Å². The molecule has 0 saturated carbocycles. The first-order valence-corrected chi connectivity index (χ1v) is 9.06. The molecule has 8 heteroatoms. The van der Waals surface area contributed by atoms with Crippen molar-refractivity contribution in [3.05, 3.63) is 29.8 Å². The number of sulfonamides is 1. The SMILES string of the molecule is COCCCNC(=O)CN(Cc1ccccc1OC)S(C)(=O)=O. The summed E-state index contributed by atoms with van der Waals surface area (Å²) in [6.45, 7) is 0.828. The molecule has 1 amide bonds. The number of hydrogen-bond acceptors (Lipinski definition) is 5. The van der Waals surface area contributed by atoms with Crippen LogP contribution in [0.25, 0.3) is 0 Å². The maximum absolute atomic E-state index is 11.9. The van der Waals surface area contributed by atoms with Crippen molar-refractivity contribution < 1.29 is 22.7 Å². The maximum atomic E-state index is 11.9. The Morgan fingerprint density at radius 2 is 1.96 bits per heavy atom. The van der Waals surface area contributed by atoms with Crippen molar-refractivity contribution >= 4 is 15.9 Å². The molecule has 0 aromatic heterocycles. The number of methoxy groups -OCH3 is 2. The van der Waals surface area contributed by atoms with Gasteiger partial charge in [-0.15, -0.1) is 0 Å². The summed E-state index contributed by atoms with van der Waals surface area (Å²) >= 11 is 0. The molecule has 1 rings (SSSR count). The van der Waals surface area contributed by atoms with Gasteiger partial charge in [0.1, 0.15) is 5.75 Å². The monoisotopic (exact) mass is 344 g/mol. The predicted octanol–water partition coefficient (Wildman–Crippen LogP) is 0.610. The van der Waals surface area contributed by atoms with Crippen LogP contribution in [0.3, 0.4) is 0 Å². The van der Waals surface area contributed by atoms with Gasteiger partial charge in [0.25, 0.3) is 0 Å². The van der Waals surface area contributed by atoms with Crippen molar-refractivity contribution in [2.24, 2.45) is 0 Å². The molecule has 0 unspecified atom stereocenters. The first-order chi connectivity index (χ1) is 10.9. The molecule has 1 N–H and O–H groups in total. The van der Waals surface area contributed by atoms with Crippen LogP contribution in [0.5, 0.6) is 5.75 Å². The topological polar surface area (TPSA) is 84.9 Å². The summed E-state index contributed by atoms with van der Waals surface area (Å²) < 4.78 is 35.1. The van der Waals surface area contributed by atoms with Crippen LogP contribution in [-0.4, -0.2) is 58.8 Å². The molecule has 1 aromatic carbocycles. The van der Waals surface area contributed by atoms with Crippen molar-refractivity contribution in [1.82, 2.24) is 9.62 Å². The lowest BCUT2D eigenvalue weighted by molar-refractivity contribution is -0.121. The van der Waals surface area contributed by atoms with Crippen LogP contribution in [0.2, 0.25) is 0 Å². The van der Waals surface area contributed by atoms with Gasteiger partial charge in [0.05, 0.1) is 19.9 Å². The van der Waals surface area contributed by atoms with Crippen molar-refractivity contribution in [2.45, 2.75) is 13.0 Å². The summed E-state index contributed by atoms with van der Waals surface area (Å²) in [5.74, 6) is 0.239. The van der Waals surface area contributed by atoms with E-state index in [0.29, 0.717) is 30.9 Å². The van der Waals surface area contributed by atoms with Gasteiger partial charge in [-0.3, -0.25) is 4.79 Å². The van der Waals surface area contributed by atoms with Crippen LogP contribution < -0.4 is 10.1 Å². The summed E-state index contributed by atoms with van der Waals surface area (Å²) in [5, 5.41) is 2.68. The van der Waals surface area contributed by atoms with Gasteiger partial charge in [0.15, 0.2) is 0 Å². The molecule has 130 valence electrons. The molecule has 1 aromatic rings. The number of benzene rings is 1. The van der Waals surface area contributed by atoms with Crippen molar-refractivity contribution in [1.29, 1.82) is 0 Å². The second kappa shape index (κ2) is 9.49. The average Bonchev–Trinajstić information content (AvgIpc) is 2.50. The van der Waals surface area contributed by atoms with E-state index in [1.807, 2.05) is 0 Å². The van der Waals surface area contributed by atoms with Crippen LogP contribution in [0.4, 0.5) is 0 Å². The van der Waals surface area contributed by atoms with Gasteiger partial charge in [-0.25, -0.2) is 8.42 Å². The van der Waals surface area contributed by atoms with Crippen LogP contribution in [0.1, 0.15) is 12.0 Å². The summed E-state index contributed by atoms with van der Waals surface area (Å²) in [7, 11) is -0.422.